The molecular formula is C23H30ClN3OS. The number of ether oxygens (including phenoxy) is 1. The molecule has 0 bridgehead atoms. The number of benzene rings is 2. The van der Waals surface area contributed by atoms with Crippen molar-refractivity contribution in [2.45, 2.75) is 26.8 Å². The van der Waals surface area contributed by atoms with Gasteiger partial charge >= 0.3 is 0 Å². The van der Waals surface area contributed by atoms with Crippen LogP contribution >= 0.6 is 23.8 Å². The quantitative estimate of drug-likeness (QED) is 0.631. The van der Waals surface area contributed by atoms with Crippen LogP contribution in [0.15, 0.2) is 42.5 Å². The molecule has 1 heterocycles. The van der Waals surface area contributed by atoms with Crippen molar-refractivity contribution in [3.63, 3.8) is 0 Å². The smallest absolute Gasteiger partial charge is 0.173 e. The molecule has 0 spiro atoms. The molecule has 0 atom stereocenters. The third kappa shape index (κ3) is 6.68. The van der Waals surface area contributed by atoms with Crippen LogP contribution in [0.25, 0.3) is 0 Å². The maximum atomic E-state index is 6.28. The molecule has 0 aliphatic carbocycles. The average molecular weight is 432 g/mol. The largest absolute Gasteiger partial charge is 0.379 e. The van der Waals surface area contributed by atoms with Gasteiger partial charge in [0.05, 0.1) is 13.2 Å². The Morgan fingerprint density at radius 1 is 1.14 bits per heavy atom. The van der Waals surface area contributed by atoms with E-state index in [0.29, 0.717) is 0 Å². The molecule has 0 radical (unpaired) electrons. The lowest BCUT2D eigenvalue weighted by Gasteiger charge is -2.30. The predicted molar refractivity (Wildman–Crippen MR) is 126 cm³/mol. The summed E-state index contributed by atoms with van der Waals surface area (Å²) < 4.78 is 5.45. The fourth-order valence-electron chi connectivity index (χ4n) is 3.41. The summed E-state index contributed by atoms with van der Waals surface area (Å²) in [6.45, 7) is 10.6. The Morgan fingerprint density at radius 3 is 2.59 bits per heavy atom. The van der Waals surface area contributed by atoms with Gasteiger partial charge in [0.2, 0.25) is 0 Å². The maximum Gasteiger partial charge on any atom is 0.173 e. The zero-order chi connectivity index (χ0) is 20.6. The Hall–Kier alpha value is -1.66. The number of nitrogens with one attached hydrogen (secondary N) is 1. The average Bonchev–Trinajstić information content (AvgIpc) is 2.73. The third-order valence-electron chi connectivity index (χ3n) is 5.30. The Morgan fingerprint density at radius 2 is 1.86 bits per heavy atom. The lowest BCUT2D eigenvalue weighted by molar-refractivity contribution is 0.0368. The van der Waals surface area contributed by atoms with E-state index in [-0.39, 0.29) is 0 Å². The van der Waals surface area contributed by atoms with Crippen LogP contribution in [-0.4, -0.2) is 54.3 Å². The highest BCUT2D eigenvalue weighted by Gasteiger charge is 2.15. The van der Waals surface area contributed by atoms with Crippen LogP contribution in [0.5, 0.6) is 0 Å². The molecule has 3 rings (SSSR count). The van der Waals surface area contributed by atoms with Gasteiger partial charge in [0.15, 0.2) is 5.11 Å². The number of hydrogen-bond acceptors (Lipinski definition) is 3. The highest BCUT2D eigenvalue weighted by atomic mass is 35.5. The van der Waals surface area contributed by atoms with Crippen LogP contribution in [0.2, 0.25) is 5.02 Å². The minimum atomic E-state index is 0.734. The molecule has 1 aliphatic heterocycles. The van der Waals surface area contributed by atoms with Crippen LogP contribution in [0, 0.1) is 13.8 Å². The standard InChI is InChI=1S/C23H30ClN3OS/c1-18-7-9-20(10-8-18)17-27(12-4-11-26-13-15-28-16-14-26)23(29)25-22-6-3-5-21(24)19(22)2/h3,5-10H,4,11-17H2,1-2H3,(H,25,29). The SMILES string of the molecule is Cc1ccc(CN(CCCN2CCOCC2)C(=S)Nc2cccc(Cl)c2C)cc1. The number of morpholine rings is 1. The number of aryl methyl sites for hydroxylation is 1. The molecule has 2 aromatic rings. The molecule has 1 N–H and O–H groups in total. The van der Waals surface area contributed by atoms with Crippen LogP contribution < -0.4 is 5.32 Å². The molecule has 6 heteroatoms. The van der Waals surface area contributed by atoms with Gasteiger partial charge in [-0.3, -0.25) is 4.90 Å². The van der Waals surface area contributed by atoms with Gasteiger partial charge in [0, 0.05) is 43.4 Å². The number of anilines is 1. The molecule has 0 amide bonds. The second-order valence-corrected chi connectivity index (χ2v) is 8.35. The van der Waals surface area contributed by atoms with Gasteiger partial charge in [-0.1, -0.05) is 47.5 Å². The van der Waals surface area contributed by atoms with Crippen molar-refractivity contribution in [2.75, 3.05) is 44.7 Å². The topological polar surface area (TPSA) is 27.7 Å². The number of hydrogen-bond donors (Lipinski definition) is 1. The monoisotopic (exact) mass is 431 g/mol. The van der Waals surface area contributed by atoms with Gasteiger partial charge in [-0.2, -0.15) is 0 Å². The highest BCUT2D eigenvalue weighted by molar-refractivity contribution is 7.80. The summed E-state index contributed by atoms with van der Waals surface area (Å²) in [5, 5.41) is 4.89. The number of nitrogens with zero attached hydrogens (tertiary/aromatic N) is 2. The summed E-state index contributed by atoms with van der Waals surface area (Å²) in [5.41, 5.74) is 4.50. The van der Waals surface area contributed by atoms with Gasteiger partial charge < -0.3 is 15.0 Å². The molecule has 0 unspecified atom stereocenters. The van der Waals surface area contributed by atoms with Crippen molar-refractivity contribution in [3.05, 3.63) is 64.2 Å². The summed E-state index contributed by atoms with van der Waals surface area (Å²) in [5.74, 6) is 0. The van der Waals surface area contributed by atoms with E-state index in [1.54, 1.807) is 0 Å². The van der Waals surface area contributed by atoms with Crippen molar-refractivity contribution < 1.29 is 4.74 Å². The molecule has 156 valence electrons. The molecular weight excluding hydrogens is 402 g/mol. The van der Waals surface area contributed by atoms with E-state index in [9.17, 15) is 0 Å². The highest BCUT2D eigenvalue weighted by Crippen LogP contribution is 2.23. The van der Waals surface area contributed by atoms with E-state index < -0.39 is 0 Å². The lowest BCUT2D eigenvalue weighted by Crippen LogP contribution is -2.40. The van der Waals surface area contributed by atoms with Crippen molar-refractivity contribution in [1.29, 1.82) is 0 Å². The van der Waals surface area contributed by atoms with Crippen LogP contribution in [-0.2, 0) is 11.3 Å². The second kappa shape index (κ2) is 10.9. The molecule has 29 heavy (non-hydrogen) atoms. The van der Waals surface area contributed by atoms with Gasteiger partial charge in [-0.25, -0.2) is 0 Å². The second-order valence-electron chi connectivity index (χ2n) is 7.56. The minimum absolute atomic E-state index is 0.734. The zero-order valence-electron chi connectivity index (χ0n) is 17.3. The van der Waals surface area contributed by atoms with E-state index >= 15 is 0 Å². The normalized spacial score (nSPS) is 14.6. The van der Waals surface area contributed by atoms with Crippen LogP contribution in [0.1, 0.15) is 23.1 Å². The summed E-state index contributed by atoms with van der Waals surface area (Å²) in [6.07, 6.45) is 1.06. The molecule has 1 fully saturated rings. The first-order valence-corrected chi connectivity index (χ1v) is 11.0. The van der Waals surface area contributed by atoms with Crippen molar-refractivity contribution in [3.8, 4) is 0 Å². The molecule has 0 saturated carbocycles. The van der Waals surface area contributed by atoms with Crippen LogP contribution in [0.3, 0.4) is 0 Å². The Balaban J connectivity index is 1.65. The van der Waals surface area contributed by atoms with Crippen LogP contribution in [0.4, 0.5) is 5.69 Å². The minimum Gasteiger partial charge on any atom is -0.379 e. The van der Waals surface area contributed by atoms with Gasteiger partial charge in [-0.15, -0.1) is 0 Å². The first kappa shape index (κ1) is 22.0. The van der Waals surface area contributed by atoms with E-state index in [4.69, 9.17) is 28.6 Å². The number of halogens is 1. The van der Waals surface area contributed by atoms with E-state index in [1.165, 1.54) is 11.1 Å². The zero-order valence-corrected chi connectivity index (χ0v) is 18.9. The van der Waals surface area contributed by atoms with E-state index in [0.717, 1.165) is 73.7 Å². The summed E-state index contributed by atoms with van der Waals surface area (Å²) >= 11 is 12.1. The Labute approximate surface area is 184 Å². The van der Waals surface area contributed by atoms with Crippen molar-refractivity contribution >= 4 is 34.6 Å². The predicted octanol–water partition coefficient (Wildman–Crippen LogP) is 4.88. The number of thiocarbonyl (C=S) groups is 1. The van der Waals surface area contributed by atoms with E-state index in [1.807, 2.05) is 25.1 Å². The summed E-state index contributed by atoms with van der Waals surface area (Å²) in [7, 11) is 0. The number of rotatable bonds is 7. The molecule has 2 aromatic carbocycles. The third-order valence-corrected chi connectivity index (χ3v) is 6.07. The molecule has 4 nitrogen and oxygen atoms in total. The first-order chi connectivity index (χ1) is 14.0. The Kier molecular flexibility index (Phi) is 8.30. The molecule has 1 saturated heterocycles. The Bertz CT molecular complexity index is 806. The maximum absolute atomic E-state index is 6.28. The van der Waals surface area contributed by atoms with Crippen molar-refractivity contribution in [1.82, 2.24) is 9.80 Å². The molecule has 1 aliphatic rings. The van der Waals surface area contributed by atoms with Gasteiger partial charge in [0.1, 0.15) is 0 Å². The van der Waals surface area contributed by atoms with E-state index in [2.05, 4.69) is 46.3 Å². The fourth-order valence-corrected chi connectivity index (χ4v) is 3.85. The first-order valence-electron chi connectivity index (χ1n) is 10.2. The molecule has 0 aromatic heterocycles. The van der Waals surface area contributed by atoms with Crippen molar-refractivity contribution in [2.24, 2.45) is 0 Å². The fraction of sp³-hybridized carbons (Fsp3) is 0.435. The summed E-state index contributed by atoms with van der Waals surface area (Å²) in [6, 6.07) is 14.5. The van der Waals surface area contributed by atoms with Gasteiger partial charge in [-0.05, 0) is 55.7 Å². The van der Waals surface area contributed by atoms with Gasteiger partial charge in [0.25, 0.3) is 0 Å². The lowest BCUT2D eigenvalue weighted by atomic mass is 10.1. The summed E-state index contributed by atoms with van der Waals surface area (Å²) in [4.78, 5) is 4.71.